The lowest BCUT2D eigenvalue weighted by molar-refractivity contribution is 0.291. The van der Waals surface area contributed by atoms with Crippen molar-refractivity contribution in [2.24, 2.45) is 0 Å². The minimum Gasteiger partial charge on any atom is -0.473 e. The maximum absolute atomic E-state index is 6.07. The molecular weight excluding hydrogens is 320 g/mol. The van der Waals surface area contributed by atoms with Gasteiger partial charge in [-0.3, -0.25) is 0 Å². The topological polar surface area (TPSA) is 35.0 Å². The lowest BCUT2D eigenvalue weighted by atomic mass is 10.1. The van der Waals surface area contributed by atoms with Crippen molar-refractivity contribution in [3.8, 4) is 17.3 Å². The molecule has 0 amide bonds. The second kappa shape index (κ2) is 7.02. The molecule has 0 bridgehead atoms. The molecule has 0 N–H and O–H groups in total. The van der Waals surface area contributed by atoms with Gasteiger partial charge < -0.3 is 4.74 Å². The summed E-state index contributed by atoms with van der Waals surface area (Å²) in [4.78, 5) is 9.15. The fourth-order valence-electron chi connectivity index (χ4n) is 2.45. The quantitative estimate of drug-likeness (QED) is 0.647. The molecule has 1 aromatic heterocycles. The zero-order valence-electron chi connectivity index (χ0n) is 14.0. The van der Waals surface area contributed by atoms with Gasteiger partial charge in [-0.15, -0.1) is 0 Å². The van der Waals surface area contributed by atoms with Crippen LogP contribution in [0.4, 0.5) is 0 Å². The van der Waals surface area contributed by atoms with E-state index in [0.717, 1.165) is 22.4 Å². The van der Waals surface area contributed by atoms with Crippen molar-refractivity contribution in [1.29, 1.82) is 0 Å². The Morgan fingerprint density at radius 2 is 1.75 bits per heavy atom. The summed E-state index contributed by atoms with van der Waals surface area (Å²) in [5.74, 6) is 1.24. The molecule has 3 rings (SSSR count). The maximum Gasteiger partial charge on any atom is 0.220 e. The molecule has 3 aromatic rings. The average molecular weight is 339 g/mol. The summed E-state index contributed by atoms with van der Waals surface area (Å²) in [6.07, 6.45) is 0. The van der Waals surface area contributed by atoms with E-state index in [1.54, 1.807) is 0 Å². The van der Waals surface area contributed by atoms with Gasteiger partial charge >= 0.3 is 0 Å². The normalized spacial score (nSPS) is 10.7. The van der Waals surface area contributed by atoms with Crippen LogP contribution < -0.4 is 4.74 Å². The molecule has 0 aliphatic rings. The largest absolute Gasteiger partial charge is 0.473 e. The van der Waals surface area contributed by atoms with Crippen LogP contribution in [0.25, 0.3) is 11.4 Å². The van der Waals surface area contributed by atoms with Gasteiger partial charge in [0.05, 0.1) is 0 Å². The number of hydrogen-bond acceptors (Lipinski definition) is 3. The smallest absolute Gasteiger partial charge is 0.220 e. The highest BCUT2D eigenvalue weighted by atomic mass is 35.5. The van der Waals surface area contributed by atoms with Crippen LogP contribution in [0.2, 0.25) is 5.02 Å². The second-order valence-corrected chi connectivity index (χ2v) is 6.29. The minimum absolute atomic E-state index is 0.480. The van der Waals surface area contributed by atoms with Crippen LogP contribution in [-0.2, 0) is 6.61 Å². The summed E-state index contributed by atoms with van der Waals surface area (Å²) in [6.45, 7) is 6.49. The zero-order chi connectivity index (χ0) is 17.1. The van der Waals surface area contributed by atoms with Gasteiger partial charge in [-0.1, -0.05) is 53.6 Å². The van der Waals surface area contributed by atoms with Crippen molar-refractivity contribution in [2.45, 2.75) is 27.4 Å². The van der Waals surface area contributed by atoms with Gasteiger partial charge in [-0.25, -0.2) is 4.98 Å². The Bertz CT molecular complexity index is 877. The van der Waals surface area contributed by atoms with Crippen molar-refractivity contribution in [3.05, 3.63) is 75.9 Å². The first-order valence-corrected chi connectivity index (χ1v) is 8.20. The Labute approximate surface area is 147 Å². The number of ether oxygens (including phenoxy) is 1. The molecule has 1 heterocycles. The van der Waals surface area contributed by atoms with Crippen LogP contribution in [0, 0.1) is 20.8 Å². The van der Waals surface area contributed by atoms with E-state index in [2.05, 4.69) is 29.0 Å². The first-order chi connectivity index (χ1) is 11.5. The van der Waals surface area contributed by atoms with Gasteiger partial charge in [0.15, 0.2) is 5.82 Å². The average Bonchev–Trinajstić information content (AvgIpc) is 2.56. The fourth-order valence-corrected chi connectivity index (χ4v) is 2.64. The molecule has 0 saturated heterocycles. The number of nitrogens with zero attached hydrogens (tertiary/aromatic N) is 2. The van der Waals surface area contributed by atoms with Crippen molar-refractivity contribution in [2.75, 3.05) is 0 Å². The summed E-state index contributed by atoms with van der Waals surface area (Å²) in [5, 5.41) is 0.663. The summed E-state index contributed by atoms with van der Waals surface area (Å²) < 4.78 is 5.97. The highest BCUT2D eigenvalue weighted by Gasteiger charge is 2.11. The van der Waals surface area contributed by atoms with Crippen LogP contribution in [-0.4, -0.2) is 9.97 Å². The zero-order valence-corrected chi connectivity index (χ0v) is 14.8. The Kier molecular flexibility index (Phi) is 4.81. The van der Waals surface area contributed by atoms with Crippen LogP contribution in [0.3, 0.4) is 0 Å². The molecule has 0 aliphatic heterocycles. The highest BCUT2D eigenvalue weighted by Crippen LogP contribution is 2.25. The number of aryl methyl sites for hydroxylation is 2. The van der Waals surface area contributed by atoms with Crippen LogP contribution in [0.5, 0.6) is 5.88 Å². The van der Waals surface area contributed by atoms with Crippen LogP contribution in [0.1, 0.15) is 22.4 Å². The van der Waals surface area contributed by atoms with E-state index in [1.165, 1.54) is 5.56 Å². The number of halogens is 1. The molecule has 0 fully saturated rings. The molecular formula is C20H19ClN2O. The first-order valence-electron chi connectivity index (χ1n) is 7.82. The molecule has 0 saturated carbocycles. The molecule has 2 aromatic carbocycles. The molecule has 0 spiro atoms. The second-order valence-electron chi connectivity index (χ2n) is 5.85. The number of aromatic nitrogens is 2. The maximum atomic E-state index is 6.07. The van der Waals surface area contributed by atoms with Gasteiger partial charge in [0, 0.05) is 21.8 Å². The van der Waals surface area contributed by atoms with Crippen LogP contribution >= 0.6 is 11.6 Å². The minimum atomic E-state index is 0.480. The van der Waals surface area contributed by atoms with E-state index in [9.17, 15) is 0 Å². The molecule has 3 nitrogen and oxygen atoms in total. The van der Waals surface area contributed by atoms with Crippen molar-refractivity contribution < 1.29 is 4.74 Å². The van der Waals surface area contributed by atoms with E-state index in [1.807, 2.05) is 50.2 Å². The Balaban J connectivity index is 1.90. The summed E-state index contributed by atoms with van der Waals surface area (Å²) >= 11 is 6.07. The summed E-state index contributed by atoms with van der Waals surface area (Å²) in [5.41, 5.74) is 5.07. The number of hydrogen-bond donors (Lipinski definition) is 0. The Hall–Kier alpha value is -2.39. The standard InChI is InChI=1S/C20H19ClN2O/c1-13-6-4-7-16(10-13)12-24-20-14(2)15(3)22-19(23-20)17-8-5-9-18(21)11-17/h4-11H,12H2,1-3H3. The van der Waals surface area contributed by atoms with Gasteiger partial charge in [-0.05, 0) is 38.5 Å². The first kappa shape index (κ1) is 16.5. The van der Waals surface area contributed by atoms with Crippen LogP contribution in [0.15, 0.2) is 48.5 Å². The third-order valence-electron chi connectivity index (χ3n) is 3.89. The Morgan fingerprint density at radius 3 is 2.50 bits per heavy atom. The third-order valence-corrected chi connectivity index (χ3v) is 4.12. The van der Waals surface area contributed by atoms with Gasteiger partial charge in [0.25, 0.3) is 0 Å². The number of rotatable bonds is 4. The molecule has 0 radical (unpaired) electrons. The Morgan fingerprint density at radius 1 is 0.958 bits per heavy atom. The molecule has 0 unspecified atom stereocenters. The molecule has 0 atom stereocenters. The van der Waals surface area contributed by atoms with Crippen molar-refractivity contribution >= 4 is 11.6 Å². The lowest BCUT2D eigenvalue weighted by Gasteiger charge is -2.12. The van der Waals surface area contributed by atoms with E-state index in [-0.39, 0.29) is 0 Å². The molecule has 4 heteroatoms. The predicted octanol–water partition coefficient (Wildman–Crippen LogP) is 5.30. The molecule has 24 heavy (non-hydrogen) atoms. The SMILES string of the molecule is Cc1cccc(COc2nc(-c3cccc(Cl)c3)nc(C)c2C)c1. The lowest BCUT2D eigenvalue weighted by Crippen LogP contribution is -2.04. The van der Waals surface area contributed by atoms with Crippen molar-refractivity contribution in [1.82, 2.24) is 9.97 Å². The monoisotopic (exact) mass is 338 g/mol. The third kappa shape index (κ3) is 3.74. The van der Waals surface area contributed by atoms with E-state index < -0.39 is 0 Å². The highest BCUT2D eigenvalue weighted by molar-refractivity contribution is 6.30. The number of benzene rings is 2. The van der Waals surface area contributed by atoms with Gasteiger partial charge in [0.2, 0.25) is 5.88 Å². The van der Waals surface area contributed by atoms with Gasteiger partial charge in [0.1, 0.15) is 6.61 Å². The predicted molar refractivity (Wildman–Crippen MR) is 97.5 cm³/mol. The molecule has 0 aliphatic carbocycles. The van der Waals surface area contributed by atoms with E-state index in [4.69, 9.17) is 16.3 Å². The fraction of sp³-hybridized carbons (Fsp3) is 0.200. The van der Waals surface area contributed by atoms with Gasteiger partial charge in [-0.2, -0.15) is 4.98 Å². The van der Waals surface area contributed by atoms with Crippen molar-refractivity contribution in [3.63, 3.8) is 0 Å². The summed E-state index contributed by atoms with van der Waals surface area (Å²) in [6, 6.07) is 15.8. The van der Waals surface area contributed by atoms with E-state index in [0.29, 0.717) is 23.3 Å². The molecule has 122 valence electrons. The van der Waals surface area contributed by atoms with E-state index >= 15 is 0 Å². The summed E-state index contributed by atoms with van der Waals surface area (Å²) in [7, 11) is 0.